The molecule has 0 unspecified atom stereocenters. The molecule has 2 aliphatic rings. The van der Waals surface area contributed by atoms with E-state index in [1.54, 1.807) is 13.0 Å². The van der Waals surface area contributed by atoms with E-state index in [1.807, 2.05) is 44.2 Å². The zero-order valence-electron chi connectivity index (χ0n) is 13.6. The lowest BCUT2D eigenvalue weighted by Crippen LogP contribution is -2.28. The molecule has 0 N–H and O–H groups in total. The second-order valence-corrected chi connectivity index (χ2v) is 6.11. The van der Waals surface area contributed by atoms with Gasteiger partial charge >= 0.3 is 5.97 Å². The van der Waals surface area contributed by atoms with E-state index in [0.717, 1.165) is 5.56 Å². The molecule has 0 aromatic heterocycles. The Kier molecular flexibility index (Phi) is 4.53. The van der Waals surface area contributed by atoms with Crippen molar-refractivity contribution in [2.45, 2.75) is 51.0 Å². The van der Waals surface area contributed by atoms with Gasteiger partial charge in [-0.15, -0.1) is 0 Å². The molecule has 2 heterocycles. The van der Waals surface area contributed by atoms with Crippen LogP contribution in [0.3, 0.4) is 0 Å². The summed E-state index contributed by atoms with van der Waals surface area (Å²) in [6.45, 7) is 5.90. The highest BCUT2D eigenvalue weighted by Gasteiger charge is 2.54. The molecule has 0 spiro atoms. The predicted molar refractivity (Wildman–Crippen MR) is 83.7 cm³/mol. The molecule has 5 nitrogen and oxygen atoms in total. The van der Waals surface area contributed by atoms with Crippen LogP contribution in [0.5, 0.6) is 0 Å². The van der Waals surface area contributed by atoms with Gasteiger partial charge in [0.2, 0.25) is 0 Å². The van der Waals surface area contributed by atoms with Crippen molar-refractivity contribution in [1.29, 1.82) is 0 Å². The second-order valence-electron chi connectivity index (χ2n) is 6.11. The van der Waals surface area contributed by atoms with E-state index in [1.165, 1.54) is 6.08 Å². The molecule has 2 aliphatic heterocycles. The summed E-state index contributed by atoms with van der Waals surface area (Å²) in [4.78, 5) is 11.5. The van der Waals surface area contributed by atoms with Gasteiger partial charge in [-0.05, 0) is 32.4 Å². The van der Waals surface area contributed by atoms with E-state index in [-0.39, 0.29) is 30.4 Å². The molecule has 4 atom stereocenters. The van der Waals surface area contributed by atoms with Crippen LogP contribution in [-0.2, 0) is 23.7 Å². The molecule has 3 rings (SSSR count). The first-order chi connectivity index (χ1) is 11.0. The summed E-state index contributed by atoms with van der Waals surface area (Å²) in [5.74, 6) is -1.05. The minimum Gasteiger partial charge on any atom is -0.463 e. The summed E-state index contributed by atoms with van der Waals surface area (Å²) in [6.07, 6.45) is 2.07. The van der Waals surface area contributed by atoms with Crippen molar-refractivity contribution in [2.24, 2.45) is 0 Å². The molecule has 0 bridgehead atoms. The molecular weight excluding hydrogens is 296 g/mol. The Morgan fingerprint density at radius 2 is 1.91 bits per heavy atom. The van der Waals surface area contributed by atoms with Crippen LogP contribution in [0, 0.1) is 0 Å². The van der Waals surface area contributed by atoms with Crippen molar-refractivity contribution in [3.63, 3.8) is 0 Å². The SMILES string of the molecule is CCOC(=O)/C=C\[C@H]1O[C@H](c2ccccc2)[C@H]2OC(C)(C)O[C@H]21. The highest BCUT2D eigenvalue weighted by Crippen LogP contribution is 2.45. The average Bonchev–Trinajstić information content (AvgIpc) is 3.00. The number of ether oxygens (including phenoxy) is 4. The fraction of sp³-hybridized carbons (Fsp3) is 0.500. The monoisotopic (exact) mass is 318 g/mol. The minimum atomic E-state index is -0.665. The largest absolute Gasteiger partial charge is 0.463 e. The predicted octanol–water partition coefficient (Wildman–Crippen LogP) is 2.77. The average molecular weight is 318 g/mol. The Labute approximate surface area is 136 Å². The molecule has 1 aromatic rings. The van der Waals surface area contributed by atoms with E-state index in [4.69, 9.17) is 18.9 Å². The van der Waals surface area contributed by atoms with Gasteiger partial charge in [-0.2, -0.15) is 0 Å². The Morgan fingerprint density at radius 1 is 1.22 bits per heavy atom. The van der Waals surface area contributed by atoms with Crippen LogP contribution < -0.4 is 0 Å². The zero-order chi connectivity index (χ0) is 16.4. The Hall–Kier alpha value is -1.69. The van der Waals surface area contributed by atoms with Gasteiger partial charge in [0.05, 0.1) is 6.61 Å². The maximum absolute atomic E-state index is 11.5. The van der Waals surface area contributed by atoms with Gasteiger partial charge in [0.25, 0.3) is 0 Å². The number of hydrogen-bond donors (Lipinski definition) is 0. The van der Waals surface area contributed by atoms with Gasteiger partial charge in [-0.25, -0.2) is 4.79 Å². The number of esters is 1. The first kappa shape index (κ1) is 16.2. The highest BCUT2D eigenvalue weighted by atomic mass is 16.8. The minimum absolute atomic E-state index is 0.204. The van der Waals surface area contributed by atoms with Crippen LogP contribution in [0.1, 0.15) is 32.4 Å². The van der Waals surface area contributed by atoms with Gasteiger partial charge in [-0.1, -0.05) is 30.3 Å². The number of carbonyl (C=O) groups excluding carboxylic acids is 1. The normalized spacial score (nSPS) is 32.1. The van der Waals surface area contributed by atoms with Crippen LogP contribution >= 0.6 is 0 Å². The van der Waals surface area contributed by atoms with E-state index < -0.39 is 5.79 Å². The summed E-state index contributed by atoms with van der Waals surface area (Å²) in [7, 11) is 0. The molecule has 0 aliphatic carbocycles. The quantitative estimate of drug-likeness (QED) is 0.631. The smallest absolute Gasteiger partial charge is 0.330 e. The lowest BCUT2D eigenvalue weighted by atomic mass is 10.0. The molecule has 2 fully saturated rings. The standard InChI is InChI=1S/C18H22O5/c1-4-20-14(19)11-10-13-16-17(23-18(2,3)22-16)15(21-13)12-8-6-5-7-9-12/h5-11,13,15-17H,4H2,1-3H3/b11-10-/t13-,15-,16+,17-/m1/s1. The number of carbonyl (C=O) groups is 1. The molecule has 1 aromatic carbocycles. The molecule has 124 valence electrons. The van der Waals surface area contributed by atoms with Crippen molar-refractivity contribution in [1.82, 2.24) is 0 Å². The van der Waals surface area contributed by atoms with Crippen LogP contribution in [0.15, 0.2) is 42.5 Å². The second kappa shape index (κ2) is 6.43. The van der Waals surface area contributed by atoms with Crippen LogP contribution in [-0.4, -0.2) is 36.7 Å². The van der Waals surface area contributed by atoms with Crippen molar-refractivity contribution in [3.8, 4) is 0 Å². The molecule has 0 saturated carbocycles. The molecule has 23 heavy (non-hydrogen) atoms. The molecule has 2 saturated heterocycles. The van der Waals surface area contributed by atoms with Crippen molar-refractivity contribution in [2.75, 3.05) is 6.61 Å². The summed E-state index contributed by atoms with van der Waals surface area (Å²) in [5.41, 5.74) is 1.04. The van der Waals surface area contributed by atoms with Gasteiger partial charge < -0.3 is 18.9 Å². The summed E-state index contributed by atoms with van der Waals surface area (Å²) in [6, 6.07) is 9.92. The van der Waals surface area contributed by atoms with Gasteiger partial charge in [0.1, 0.15) is 24.4 Å². The summed E-state index contributed by atoms with van der Waals surface area (Å²) < 4.78 is 23.0. The number of hydrogen-bond acceptors (Lipinski definition) is 5. The van der Waals surface area contributed by atoms with Crippen LogP contribution in [0.25, 0.3) is 0 Å². The third-order valence-corrected chi connectivity index (χ3v) is 3.93. The first-order valence-corrected chi connectivity index (χ1v) is 7.91. The van der Waals surface area contributed by atoms with Gasteiger partial charge in [0, 0.05) is 6.08 Å². The Bertz CT molecular complexity index is 580. The zero-order valence-corrected chi connectivity index (χ0v) is 13.6. The highest BCUT2D eigenvalue weighted by molar-refractivity contribution is 5.82. The summed E-state index contributed by atoms with van der Waals surface area (Å²) >= 11 is 0. The number of benzene rings is 1. The van der Waals surface area contributed by atoms with Crippen LogP contribution in [0.4, 0.5) is 0 Å². The van der Waals surface area contributed by atoms with Crippen LogP contribution in [0.2, 0.25) is 0 Å². The van der Waals surface area contributed by atoms with E-state index >= 15 is 0 Å². The fourth-order valence-electron chi connectivity index (χ4n) is 3.06. The number of rotatable bonds is 4. The van der Waals surface area contributed by atoms with E-state index in [2.05, 4.69) is 0 Å². The van der Waals surface area contributed by atoms with Crippen molar-refractivity contribution < 1.29 is 23.7 Å². The maximum Gasteiger partial charge on any atom is 0.330 e. The third-order valence-electron chi connectivity index (χ3n) is 3.93. The molecule has 5 heteroatoms. The first-order valence-electron chi connectivity index (χ1n) is 7.91. The summed E-state index contributed by atoms with van der Waals surface area (Å²) in [5, 5.41) is 0. The fourth-order valence-corrected chi connectivity index (χ4v) is 3.06. The number of fused-ring (bicyclic) bond motifs is 1. The van der Waals surface area contributed by atoms with E-state index in [9.17, 15) is 4.79 Å². The van der Waals surface area contributed by atoms with Crippen molar-refractivity contribution in [3.05, 3.63) is 48.0 Å². The lowest BCUT2D eigenvalue weighted by Gasteiger charge is -2.23. The maximum atomic E-state index is 11.5. The third kappa shape index (κ3) is 3.47. The van der Waals surface area contributed by atoms with Gasteiger partial charge in [0.15, 0.2) is 5.79 Å². The molecule has 0 amide bonds. The van der Waals surface area contributed by atoms with Crippen molar-refractivity contribution >= 4 is 5.97 Å². The Balaban J connectivity index is 1.81. The lowest BCUT2D eigenvalue weighted by molar-refractivity contribution is -0.183. The molecule has 0 radical (unpaired) electrons. The molecular formula is C18H22O5. The topological polar surface area (TPSA) is 54.0 Å². The van der Waals surface area contributed by atoms with Gasteiger partial charge in [-0.3, -0.25) is 0 Å². The Morgan fingerprint density at radius 3 is 2.61 bits per heavy atom. The van der Waals surface area contributed by atoms with E-state index in [0.29, 0.717) is 6.61 Å².